The molecule has 152 valence electrons. The predicted octanol–water partition coefficient (Wildman–Crippen LogP) is 3.42. The summed E-state index contributed by atoms with van der Waals surface area (Å²) < 4.78 is 11.4. The first-order valence-electron chi connectivity index (χ1n) is 10.0. The van der Waals surface area contributed by atoms with Crippen LogP contribution >= 0.6 is 0 Å². The van der Waals surface area contributed by atoms with Gasteiger partial charge in [0.2, 0.25) is 0 Å². The van der Waals surface area contributed by atoms with Gasteiger partial charge in [0.1, 0.15) is 17.3 Å². The second kappa shape index (κ2) is 8.35. The number of ether oxygens (including phenoxy) is 2. The van der Waals surface area contributed by atoms with Crippen molar-refractivity contribution in [2.24, 2.45) is 0 Å². The Hall–Kier alpha value is -2.34. The lowest BCUT2D eigenvalue weighted by atomic mass is 9.95. The quantitative estimate of drug-likeness (QED) is 0.825. The molecule has 0 spiro atoms. The summed E-state index contributed by atoms with van der Waals surface area (Å²) in [5.41, 5.74) is 2.59. The minimum Gasteiger partial charge on any atom is -0.494 e. The molecule has 1 aromatic carbocycles. The van der Waals surface area contributed by atoms with Crippen molar-refractivity contribution in [3.63, 3.8) is 0 Å². The van der Waals surface area contributed by atoms with Gasteiger partial charge < -0.3 is 14.5 Å². The van der Waals surface area contributed by atoms with Gasteiger partial charge in [0, 0.05) is 37.0 Å². The lowest BCUT2D eigenvalue weighted by Gasteiger charge is -2.29. The molecule has 0 radical (unpaired) electrons. The molecule has 0 unspecified atom stereocenters. The molecule has 0 bridgehead atoms. The second-order valence-electron chi connectivity index (χ2n) is 8.19. The SMILES string of the molecule is CCOc1ccc(OCC)c(CN2CCc3nc(C(C)(C)C)[nH]c(=O)c3C2)c1. The molecule has 1 aliphatic rings. The van der Waals surface area contributed by atoms with Crippen LogP contribution in [0, 0.1) is 0 Å². The number of hydrogen-bond donors (Lipinski definition) is 1. The van der Waals surface area contributed by atoms with Crippen LogP contribution in [0.2, 0.25) is 0 Å². The van der Waals surface area contributed by atoms with Crippen LogP contribution in [0.3, 0.4) is 0 Å². The summed E-state index contributed by atoms with van der Waals surface area (Å²) in [6, 6.07) is 5.94. The van der Waals surface area contributed by atoms with E-state index in [1.165, 1.54) is 0 Å². The van der Waals surface area contributed by atoms with E-state index in [0.717, 1.165) is 47.1 Å². The summed E-state index contributed by atoms with van der Waals surface area (Å²) in [6.45, 7) is 13.5. The number of nitrogens with one attached hydrogen (secondary N) is 1. The number of aromatic amines is 1. The van der Waals surface area contributed by atoms with E-state index in [0.29, 0.717) is 26.3 Å². The Balaban J connectivity index is 1.83. The van der Waals surface area contributed by atoms with E-state index in [1.54, 1.807) is 0 Å². The Morgan fingerprint density at radius 2 is 1.93 bits per heavy atom. The number of aromatic nitrogens is 2. The van der Waals surface area contributed by atoms with E-state index in [4.69, 9.17) is 14.5 Å². The molecule has 1 N–H and O–H groups in total. The molecule has 0 amide bonds. The Morgan fingerprint density at radius 3 is 2.61 bits per heavy atom. The molecular weight excluding hydrogens is 354 g/mol. The summed E-state index contributed by atoms with van der Waals surface area (Å²) in [7, 11) is 0. The number of nitrogens with zero attached hydrogens (tertiary/aromatic N) is 2. The van der Waals surface area contributed by atoms with E-state index in [9.17, 15) is 4.79 Å². The van der Waals surface area contributed by atoms with Crippen molar-refractivity contribution in [2.45, 2.75) is 59.5 Å². The van der Waals surface area contributed by atoms with Crippen LogP contribution in [-0.4, -0.2) is 34.6 Å². The van der Waals surface area contributed by atoms with Crippen LogP contribution in [-0.2, 0) is 24.9 Å². The highest BCUT2D eigenvalue weighted by Gasteiger charge is 2.25. The average Bonchev–Trinajstić information content (AvgIpc) is 2.64. The van der Waals surface area contributed by atoms with Crippen LogP contribution in [0.1, 0.15) is 57.3 Å². The van der Waals surface area contributed by atoms with Crippen LogP contribution < -0.4 is 15.0 Å². The van der Waals surface area contributed by atoms with Crippen LogP contribution in [0.4, 0.5) is 0 Å². The predicted molar refractivity (Wildman–Crippen MR) is 110 cm³/mol. The first-order chi connectivity index (χ1) is 13.3. The molecule has 3 rings (SSSR count). The van der Waals surface area contributed by atoms with E-state index in [1.807, 2.05) is 32.0 Å². The fourth-order valence-corrected chi connectivity index (χ4v) is 3.44. The molecular formula is C22H31N3O3. The number of hydrogen-bond acceptors (Lipinski definition) is 5. The van der Waals surface area contributed by atoms with Gasteiger partial charge in [0.05, 0.1) is 24.5 Å². The monoisotopic (exact) mass is 385 g/mol. The summed E-state index contributed by atoms with van der Waals surface area (Å²) >= 11 is 0. The van der Waals surface area contributed by atoms with Gasteiger partial charge in [-0.05, 0) is 32.0 Å². The van der Waals surface area contributed by atoms with Crippen LogP contribution in [0.5, 0.6) is 11.5 Å². The summed E-state index contributed by atoms with van der Waals surface area (Å²) in [5.74, 6) is 2.47. The van der Waals surface area contributed by atoms with E-state index in [-0.39, 0.29) is 11.0 Å². The Bertz CT molecular complexity index is 884. The van der Waals surface area contributed by atoms with Gasteiger partial charge in [-0.2, -0.15) is 0 Å². The molecule has 0 atom stereocenters. The zero-order chi connectivity index (χ0) is 20.3. The topological polar surface area (TPSA) is 67.5 Å². The zero-order valence-corrected chi connectivity index (χ0v) is 17.6. The lowest BCUT2D eigenvalue weighted by Crippen LogP contribution is -2.37. The summed E-state index contributed by atoms with van der Waals surface area (Å²) in [5, 5.41) is 0. The molecule has 2 aromatic rings. The van der Waals surface area contributed by atoms with Crippen molar-refractivity contribution in [3.8, 4) is 11.5 Å². The number of rotatable bonds is 6. The van der Waals surface area contributed by atoms with Crippen molar-refractivity contribution in [1.82, 2.24) is 14.9 Å². The maximum Gasteiger partial charge on any atom is 0.255 e. The van der Waals surface area contributed by atoms with Gasteiger partial charge in [-0.3, -0.25) is 9.69 Å². The fourth-order valence-electron chi connectivity index (χ4n) is 3.44. The fraction of sp³-hybridized carbons (Fsp3) is 0.545. The van der Waals surface area contributed by atoms with Crippen molar-refractivity contribution < 1.29 is 9.47 Å². The maximum atomic E-state index is 12.7. The minimum absolute atomic E-state index is 0.0206. The summed E-state index contributed by atoms with van der Waals surface area (Å²) in [4.78, 5) is 22.7. The molecule has 0 saturated heterocycles. The first kappa shape index (κ1) is 20.4. The first-order valence-corrected chi connectivity index (χ1v) is 10.0. The average molecular weight is 386 g/mol. The standard InChI is InChI=1S/C22H31N3O3/c1-6-27-16-8-9-19(28-7-2)15(12-16)13-25-11-10-18-17(14-25)20(26)24-21(23-18)22(3,4)5/h8-9,12H,6-7,10-11,13-14H2,1-5H3,(H,23,24,26). The Labute approximate surface area is 166 Å². The Kier molecular flexibility index (Phi) is 6.08. The molecule has 28 heavy (non-hydrogen) atoms. The highest BCUT2D eigenvalue weighted by atomic mass is 16.5. The smallest absolute Gasteiger partial charge is 0.255 e. The van der Waals surface area contributed by atoms with E-state index >= 15 is 0 Å². The zero-order valence-electron chi connectivity index (χ0n) is 17.6. The van der Waals surface area contributed by atoms with Crippen molar-refractivity contribution in [2.75, 3.05) is 19.8 Å². The normalized spacial score (nSPS) is 14.6. The molecule has 1 aliphatic heterocycles. The molecule has 2 heterocycles. The number of benzene rings is 1. The molecule has 1 aromatic heterocycles. The second-order valence-corrected chi connectivity index (χ2v) is 8.19. The van der Waals surface area contributed by atoms with E-state index < -0.39 is 0 Å². The van der Waals surface area contributed by atoms with Gasteiger partial charge in [0.25, 0.3) is 5.56 Å². The third kappa shape index (κ3) is 4.55. The summed E-state index contributed by atoms with van der Waals surface area (Å²) in [6.07, 6.45) is 0.775. The number of fused-ring (bicyclic) bond motifs is 1. The maximum absolute atomic E-state index is 12.7. The highest BCUT2D eigenvalue weighted by molar-refractivity contribution is 5.40. The Morgan fingerprint density at radius 1 is 1.18 bits per heavy atom. The van der Waals surface area contributed by atoms with Crippen LogP contribution in [0.25, 0.3) is 0 Å². The molecule has 0 aliphatic carbocycles. The number of H-pyrrole nitrogens is 1. The van der Waals surface area contributed by atoms with Crippen molar-refractivity contribution in [1.29, 1.82) is 0 Å². The third-order valence-corrected chi connectivity index (χ3v) is 4.89. The van der Waals surface area contributed by atoms with Crippen molar-refractivity contribution in [3.05, 3.63) is 51.2 Å². The van der Waals surface area contributed by atoms with Gasteiger partial charge in [-0.25, -0.2) is 4.98 Å². The van der Waals surface area contributed by atoms with Gasteiger partial charge in [-0.1, -0.05) is 20.8 Å². The van der Waals surface area contributed by atoms with Gasteiger partial charge >= 0.3 is 0 Å². The lowest BCUT2D eigenvalue weighted by molar-refractivity contribution is 0.234. The molecule has 6 nitrogen and oxygen atoms in total. The van der Waals surface area contributed by atoms with E-state index in [2.05, 4.69) is 30.7 Å². The largest absolute Gasteiger partial charge is 0.494 e. The van der Waals surface area contributed by atoms with Gasteiger partial charge in [-0.15, -0.1) is 0 Å². The molecule has 6 heteroatoms. The van der Waals surface area contributed by atoms with Crippen molar-refractivity contribution >= 4 is 0 Å². The third-order valence-electron chi connectivity index (χ3n) is 4.89. The molecule has 0 saturated carbocycles. The molecule has 0 fully saturated rings. The van der Waals surface area contributed by atoms with Gasteiger partial charge in [0.15, 0.2) is 0 Å². The minimum atomic E-state index is -0.169. The van der Waals surface area contributed by atoms with Crippen LogP contribution in [0.15, 0.2) is 23.0 Å². The highest BCUT2D eigenvalue weighted by Crippen LogP contribution is 2.28.